The summed E-state index contributed by atoms with van der Waals surface area (Å²) in [5, 5.41) is 10.7. The molecule has 4 aromatic rings. The van der Waals surface area contributed by atoms with Crippen molar-refractivity contribution in [2.24, 2.45) is 4.99 Å². The molecule has 0 unspecified atom stereocenters. The van der Waals surface area contributed by atoms with Crippen LogP contribution in [0.25, 0.3) is 22.8 Å². The minimum atomic E-state index is -0.549. The highest BCUT2D eigenvalue weighted by Crippen LogP contribution is 2.12. The lowest BCUT2D eigenvalue weighted by Gasteiger charge is -2.13. The maximum Gasteiger partial charge on any atom is 0.271 e. The summed E-state index contributed by atoms with van der Waals surface area (Å²) < 4.78 is 8.52. The van der Waals surface area contributed by atoms with Gasteiger partial charge in [0.1, 0.15) is 17.4 Å². The van der Waals surface area contributed by atoms with E-state index >= 15 is 0 Å². The topological polar surface area (TPSA) is 102 Å². The van der Waals surface area contributed by atoms with Crippen molar-refractivity contribution in [1.82, 2.24) is 14.0 Å². The fraction of sp³-hybridized carbons (Fsp3) is 0.192. The van der Waals surface area contributed by atoms with Crippen LogP contribution in [0.15, 0.2) is 70.6 Å². The minimum Gasteiger partial charge on any atom is -0.382 e. The normalized spacial score (nSPS) is 12.0. The Kier molecular flexibility index (Phi) is 7.51. The first-order valence-electron chi connectivity index (χ1n) is 11.1. The number of carbonyl (C=O) groups is 1. The van der Waals surface area contributed by atoms with Crippen LogP contribution >= 0.6 is 11.6 Å². The number of aryl methyl sites for hydroxylation is 1. The molecule has 0 fully saturated rings. The minimum absolute atomic E-state index is 0.108. The van der Waals surface area contributed by atoms with E-state index in [9.17, 15) is 14.9 Å². The molecular formula is C26H22ClN5O3. The van der Waals surface area contributed by atoms with E-state index < -0.39 is 5.91 Å². The first-order valence-corrected chi connectivity index (χ1v) is 11.4. The SMILES string of the molecule is CCOCCCn1c(=NC(=O)/C=C/c2ccc(Cl)cc2)c(C#N)cc2c(=O)n3ccccc3nc21. The number of hydrogen-bond donors (Lipinski definition) is 0. The molecule has 0 saturated carbocycles. The van der Waals surface area contributed by atoms with Gasteiger partial charge in [-0.3, -0.25) is 14.0 Å². The van der Waals surface area contributed by atoms with Gasteiger partial charge in [-0.2, -0.15) is 10.3 Å². The maximum atomic E-state index is 13.2. The molecule has 0 spiro atoms. The molecule has 0 radical (unpaired) electrons. The summed E-state index contributed by atoms with van der Waals surface area (Å²) in [6.07, 6.45) is 5.14. The second-order valence-electron chi connectivity index (χ2n) is 7.61. The first-order chi connectivity index (χ1) is 17.0. The number of nitrogens with zero attached hydrogens (tertiary/aromatic N) is 5. The van der Waals surface area contributed by atoms with Gasteiger partial charge in [0, 0.05) is 37.1 Å². The Hall–Kier alpha value is -4.06. The molecular weight excluding hydrogens is 466 g/mol. The number of nitriles is 1. The molecule has 0 aliphatic rings. The Morgan fingerprint density at radius 2 is 2.06 bits per heavy atom. The molecule has 0 aliphatic carbocycles. The first kappa shape index (κ1) is 24.1. The number of halogens is 1. The number of pyridine rings is 2. The summed E-state index contributed by atoms with van der Waals surface area (Å²) >= 11 is 5.91. The standard InChI is InChI=1S/C26H22ClN5O3/c1-2-35-15-5-14-32-24(30-23(33)12-9-18-7-10-20(27)11-8-18)19(17-28)16-21-25(32)29-22-6-3-4-13-31(22)26(21)34/h3-4,6-13,16H,2,5,14-15H2,1H3/b12-9+,30-24?. The predicted molar refractivity (Wildman–Crippen MR) is 134 cm³/mol. The molecule has 9 heteroatoms. The van der Waals surface area contributed by atoms with E-state index in [2.05, 4.69) is 16.0 Å². The molecule has 1 aromatic carbocycles. The van der Waals surface area contributed by atoms with Crippen LogP contribution in [0, 0.1) is 11.3 Å². The van der Waals surface area contributed by atoms with Crippen LogP contribution in [0.4, 0.5) is 0 Å². The highest BCUT2D eigenvalue weighted by Gasteiger charge is 2.14. The van der Waals surface area contributed by atoms with E-state index in [0.717, 1.165) is 5.56 Å². The number of benzene rings is 1. The summed E-state index contributed by atoms with van der Waals surface area (Å²) in [4.78, 5) is 34.8. The van der Waals surface area contributed by atoms with Crippen molar-refractivity contribution in [1.29, 1.82) is 5.26 Å². The molecule has 3 heterocycles. The fourth-order valence-electron chi connectivity index (χ4n) is 3.64. The van der Waals surface area contributed by atoms with Gasteiger partial charge in [0.05, 0.1) is 10.9 Å². The summed E-state index contributed by atoms with van der Waals surface area (Å²) in [5.41, 5.74) is 1.54. The van der Waals surface area contributed by atoms with Gasteiger partial charge in [-0.1, -0.05) is 29.8 Å². The summed E-state index contributed by atoms with van der Waals surface area (Å²) in [7, 11) is 0. The summed E-state index contributed by atoms with van der Waals surface area (Å²) in [6.45, 7) is 3.30. The van der Waals surface area contributed by atoms with Gasteiger partial charge in [-0.15, -0.1) is 0 Å². The van der Waals surface area contributed by atoms with Crippen molar-refractivity contribution in [3.05, 3.63) is 92.8 Å². The molecule has 0 N–H and O–H groups in total. The Morgan fingerprint density at radius 3 is 2.80 bits per heavy atom. The third-order valence-electron chi connectivity index (χ3n) is 5.29. The lowest BCUT2D eigenvalue weighted by molar-refractivity contribution is -0.113. The molecule has 8 nitrogen and oxygen atoms in total. The zero-order valence-electron chi connectivity index (χ0n) is 19.0. The van der Waals surface area contributed by atoms with E-state index in [1.165, 1.54) is 16.5 Å². The van der Waals surface area contributed by atoms with Gasteiger partial charge in [0.2, 0.25) is 0 Å². The van der Waals surface area contributed by atoms with E-state index in [-0.39, 0.29) is 22.0 Å². The lowest BCUT2D eigenvalue weighted by Crippen LogP contribution is -2.29. The van der Waals surface area contributed by atoms with Gasteiger partial charge < -0.3 is 9.30 Å². The van der Waals surface area contributed by atoms with Crippen LogP contribution in [-0.2, 0) is 16.1 Å². The highest BCUT2D eigenvalue weighted by molar-refractivity contribution is 6.30. The highest BCUT2D eigenvalue weighted by atomic mass is 35.5. The molecule has 1 amide bonds. The number of amides is 1. The van der Waals surface area contributed by atoms with Crippen molar-refractivity contribution in [2.75, 3.05) is 13.2 Å². The molecule has 176 valence electrons. The summed E-state index contributed by atoms with van der Waals surface area (Å²) in [5.74, 6) is -0.549. The monoisotopic (exact) mass is 487 g/mol. The van der Waals surface area contributed by atoms with Crippen molar-refractivity contribution in [3.8, 4) is 6.07 Å². The van der Waals surface area contributed by atoms with E-state index in [1.807, 2.05) is 6.92 Å². The number of carbonyl (C=O) groups excluding carboxylic acids is 1. The molecule has 3 aromatic heterocycles. The Bertz CT molecular complexity index is 1590. The molecule has 35 heavy (non-hydrogen) atoms. The predicted octanol–water partition coefficient (Wildman–Crippen LogP) is 3.74. The number of aromatic nitrogens is 3. The largest absolute Gasteiger partial charge is 0.382 e. The van der Waals surface area contributed by atoms with Crippen molar-refractivity contribution in [3.63, 3.8) is 0 Å². The molecule has 0 saturated heterocycles. The Labute approximate surface area is 206 Å². The zero-order valence-corrected chi connectivity index (χ0v) is 19.8. The number of fused-ring (bicyclic) bond motifs is 2. The fourth-order valence-corrected chi connectivity index (χ4v) is 3.77. The molecule has 0 bridgehead atoms. The average Bonchev–Trinajstić information content (AvgIpc) is 2.87. The third-order valence-corrected chi connectivity index (χ3v) is 5.54. The Balaban J connectivity index is 1.89. The van der Waals surface area contributed by atoms with Crippen LogP contribution in [-0.4, -0.2) is 33.1 Å². The molecule has 0 aliphatic heterocycles. The second-order valence-corrected chi connectivity index (χ2v) is 8.05. The Morgan fingerprint density at radius 1 is 1.26 bits per heavy atom. The average molecular weight is 488 g/mol. The van der Waals surface area contributed by atoms with Gasteiger partial charge in [0.25, 0.3) is 11.5 Å². The van der Waals surface area contributed by atoms with Crippen molar-refractivity contribution < 1.29 is 9.53 Å². The van der Waals surface area contributed by atoms with Crippen molar-refractivity contribution in [2.45, 2.75) is 19.9 Å². The van der Waals surface area contributed by atoms with Crippen molar-refractivity contribution >= 4 is 40.3 Å². The third kappa shape index (κ3) is 5.38. The number of rotatable bonds is 7. The lowest BCUT2D eigenvalue weighted by atomic mass is 10.2. The zero-order chi connectivity index (χ0) is 24.8. The van der Waals surface area contributed by atoms with Crippen LogP contribution in [0.2, 0.25) is 5.02 Å². The maximum absolute atomic E-state index is 13.2. The van der Waals surface area contributed by atoms with E-state index in [4.69, 9.17) is 16.3 Å². The number of ether oxygens (including phenoxy) is 1. The van der Waals surface area contributed by atoms with Gasteiger partial charge >= 0.3 is 0 Å². The molecule has 4 rings (SSSR count). The number of hydrogen-bond acceptors (Lipinski definition) is 5. The van der Waals surface area contributed by atoms with Gasteiger partial charge in [-0.25, -0.2) is 4.98 Å². The van der Waals surface area contributed by atoms with Gasteiger partial charge in [0.15, 0.2) is 5.49 Å². The van der Waals surface area contributed by atoms with Crippen LogP contribution in [0.5, 0.6) is 0 Å². The van der Waals surface area contributed by atoms with E-state index in [0.29, 0.717) is 42.5 Å². The molecule has 0 atom stereocenters. The smallest absolute Gasteiger partial charge is 0.271 e. The van der Waals surface area contributed by atoms with Crippen LogP contribution in [0.3, 0.4) is 0 Å². The van der Waals surface area contributed by atoms with Crippen LogP contribution in [0.1, 0.15) is 24.5 Å². The van der Waals surface area contributed by atoms with Gasteiger partial charge in [-0.05, 0) is 55.3 Å². The quantitative estimate of drug-likeness (QED) is 0.224. The van der Waals surface area contributed by atoms with Crippen LogP contribution < -0.4 is 11.0 Å². The summed E-state index contributed by atoms with van der Waals surface area (Å²) in [6, 6.07) is 15.8. The van der Waals surface area contributed by atoms with E-state index in [1.54, 1.807) is 59.3 Å². The second kappa shape index (κ2) is 10.9.